The molecule has 1 saturated carbocycles. The van der Waals surface area contributed by atoms with Crippen LogP contribution in [0, 0.1) is 18.8 Å². The Kier molecular flexibility index (Phi) is 11.8. The average molecular weight is 688 g/mol. The van der Waals surface area contributed by atoms with Gasteiger partial charge in [-0.1, -0.05) is 54.8 Å². The molecule has 1 aliphatic carbocycles. The van der Waals surface area contributed by atoms with E-state index in [0.717, 1.165) is 43.8 Å². The average Bonchev–Trinajstić information content (AvgIpc) is 3.43. The fraction of sp³-hybridized carbons (Fsp3) is 0.657. The lowest BCUT2D eigenvalue weighted by molar-refractivity contribution is -0.133. The first-order valence-electron chi connectivity index (χ1n) is 16.9. The zero-order chi connectivity index (χ0) is 35.4. The van der Waals surface area contributed by atoms with Gasteiger partial charge in [0.15, 0.2) is 9.84 Å². The van der Waals surface area contributed by atoms with Gasteiger partial charge in [-0.25, -0.2) is 8.42 Å². The highest BCUT2D eigenvalue weighted by Gasteiger charge is 2.46. The molecule has 266 valence electrons. The summed E-state index contributed by atoms with van der Waals surface area (Å²) in [6.07, 6.45) is 6.41. The van der Waals surface area contributed by atoms with Crippen molar-refractivity contribution in [1.82, 2.24) is 26.0 Å². The summed E-state index contributed by atoms with van der Waals surface area (Å²) in [5, 5.41) is 24.2. The standard InChI is InChI=1S/C35H53N5O7S/c1-22-26(21-47-39-22)31(42)37-30(35(5,6)48(7,45)46)33(44)36-27(17-23-13-9-8-10-14-23)29(41)20-40-19-25-16-12-11-15-24(25)18-28(40)32(43)38-34(2,3)4/h8-10,13-14,21,24-25,27-30,41H,11-12,15-20H2,1-7H3,(H,36,44)(H,37,42)(H,38,43). The maximum absolute atomic E-state index is 14.1. The van der Waals surface area contributed by atoms with Gasteiger partial charge >= 0.3 is 0 Å². The molecule has 3 amide bonds. The number of piperidine rings is 1. The number of nitrogens with one attached hydrogen (secondary N) is 3. The molecule has 0 radical (unpaired) electrons. The topological polar surface area (TPSA) is 171 Å². The largest absolute Gasteiger partial charge is 0.390 e. The predicted octanol–water partition coefficient (Wildman–Crippen LogP) is 2.79. The highest BCUT2D eigenvalue weighted by atomic mass is 32.2. The van der Waals surface area contributed by atoms with Crippen molar-refractivity contribution >= 4 is 27.6 Å². The van der Waals surface area contributed by atoms with Crippen molar-refractivity contribution in [3.05, 3.63) is 53.4 Å². The number of aryl methyl sites for hydroxylation is 1. The van der Waals surface area contributed by atoms with Crippen LogP contribution < -0.4 is 16.0 Å². The van der Waals surface area contributed by atoms with E-state index in [0.29, 0.717) is 24.8 Å². The van der Waals surface area contributed by atoms with Crippen molar-refractivity contribution in [2.24, 2.45) is 11.8 Å². The smallest absolute Gasteiger partial charge is 0.257 e. The van der Waals surface area contributed by atoms with Crippen LogP contribution in [0.15, 0.2) is 41.1 Å². The van der Waals surface area contributed by atoms with E-state index in [1.807, 2.05) is 51.1 Å². The Hall–Kier alpha value is -3.29. The summed E-state index contributed by atoms with van der Waals surface area (Å²) >= 11 is 0. The second-order valence-electron chi connectivity index (χ2n) is 15.2. The number of fused-ring (bicyclic) bond motifs is 1. The van der Waals surface area contributed by atoms with Crippen LogP contribution in [0.3, 0.4) is 0 Å². The maximum Gasteiger partial charge on any atom is 0.257 e. The minimum absolute atomic E-state index is 0.0728. The number of carbonyl (C=O) groups excluding carboxylic acids is 3. The van der Waals surface area contributed by atoms with E-state index >= 15 is 0 Å². The Labute approximate surface area is 284 Å². The number of sulfone groups is 1. The molecule has 4 rings (SSSR count). The Morgan fingerprint density at radius 2 is 1.69 bits per heavy atom. The monoisotopic (exact) mass is 687 g/mol. The molecular weight excluding hydrogens is 634 g/mol. The van der Waals surface area contributed by atoms with Crippen LogP contribution in [-0.2, 0) is 25.8 Å². The number of β-amino-alcohol motifs (C(OH)–C–C–N with tert-alkyl or cyclic N) is 1. The van der Waals surface area contributed by atoms with E-state index in [1.165, 1.54) is 13.8 Å². The number of rotatable bonds is 12. The molecule has 1 aliphatic heterocycles. The normalized spacial score (nSPS) is 22.5. The van der Waals surface area contributed by atoms with Crippen LogP contribution in [0.1, 0.15) is 88.3 Å². The number of likely N-dealkylation sites (tertiary alicyclic amines) is 1. The molecule has 6 atom stereocenters. The van der Waals surface area contributed by atoms with Gasteiger partial charge in [0.25, 0.3) is 5.91 Å². The van der Waals surface area contributed by atoms with Crippen LogP contribution in [0.25, 0.3) is 0 Å². The van der Waals surface area contributed by atoms with E-state index in [4.69, 9.17) is 4.52 Å². The Morgan fingerprint density at radius 3 is 2.27 bits per heavy atom. The molecular formula is C35H53N5O7S. The van der Waals surface area contributed by atoms with Gasteiger partial charge in [-0.3, -0.25) is 19.3 Å². The molecule has 0 bridgehead atoms. The lowest BCUT2D eigenvalue weighted by Crippen LogP contribution is -2.64. The number of aromatic nitrogens is 1. The summed E-state index contributed by atoms with van der Waals surface area (Å²) in [4.78, 5) is 43.0. The number of hydrogen-bond donors (Lipinski definition) is 4. The van der Waals surface area contributed by atoms with Crippen LogP contribution in [0.2, 0.25) is 0 Å². The fourth-order valence-corrected chi connectivity index (χ4v) is 7.49. The van der Waals surface area contributed by atoms with Gasteiger partial charge in [-0.05, 0) is 78.2 Å². The highest BCUT2D eigenvalue weighted by Crippen LogP contribution is 2.39. The zero-order valence-electron chi connectivity index (χ0n) is 29.3. The molecule has 1 saturated heterocycles. The maximum atomic E-state index is 14.1. The van der Waals surface area contributed by atoms with Crippen molar-refractivity contribution in [1.29, 1.82) is 0 Å². The van der Waals surface area contributed by atoms with Gasteiger partial charge in [0, 0.05) is 24.9 Å². The molecule has 2 heterocycles. The molecule has 13 heteroatoms. The summed E-state index contributed by atoms with van der Waals surface area (Å²) in [5.74, 6) is -0.694. The van der Waals surface area contributed by atoms with E-state index in [1.54, 1.807) is 6.92 Å². The second-order valence-corrected chi connectivity index (χ2v) is 17.8. The molecule has 12 nitrogen and oxygen atoms in total. The third kappa shape index (κ3) is 9.23. The van der Waals surface area contributed by atoms with Gasteiger partial charge in [-0.15, -0.1) is 0 Å². The number of aliphatic hydroxyl groups excluding tert-OH is 1. The molecule has 1 aromatic heterocycles. The van der Waals surface area contributed by atoms with Crippen molar-refractivity contribution in [3.63, 3.8) is 0 Å². The summed E-state index contributed by atoms with van der Waals surface area (Å²) in [6.45, 7) is 10.9. The molecule has 2 aromatic rings. The van der Waals surface area contributed by atoms with E-state index < -0.39 is 56.2 Å². The van der Waals surface area contributed by atoms with Crippen LogP contribution >= 0.6 is 0 Å². The molecule has 1 aromatic carbocycles. The molecule has 4 N–H and O–H groups in total. The number of hydrogen-bond acceptors (Lipinski definition) is 9. The van der Waals surface area contributed by atoms with Crippen LogP contribution in [-0.4, -0.2) is 95.2 Å². The third-order valence-electron chi connectivity index (χ3n) is 10.00. The lowest BCUT2D eigenvalue weighted by Gasteiger charge is -2.47. The van der Waals surface area contributed by atoms with Crippen molar-refractivity contribution in [2.45, 2.75) is 115 Å². The molecule has 48 heavy (non-hydrogen) atoms. The van der Waals surface area contributed by atoms with Gasteiger partial charge < -0.3 is 25.6 Å². The lowest BCUT2D eigenvalue weighted by atomic mass is 9.72. The summed E-state index contributed by atoms with van der Waals surface area (Å²) in [7, 11) is -3.88. The second kappa shape index (κ2) is 15.1. The van der Waals surface area contributed by atoms with Gasteiger partial charge in [0.05, 0.1) is 28.6 Å². The summed E-state index contributed by atoms with van der Waals surface area (Å²) in [6, 6.07) is 6.52. The quantitative estimate of drug-likeness (QED) is 0.262. The van der Waals surface area contributed by atoms with Crippen molar-refractivity contribution < 1.29 is 32.4 Å². The molecule has 6 unspecified atom stereocenters. The SMILES string of the molecule is Cc1nocc1C(=O)NC(C(=O)NC(Cc1ccccc1)C(O)CN1CC2CCCCC2CC1C(=O)NC(C)(C)C)C(C)(C)S(C)(=O)=O. The number of benzene rings is 1. The Bertz CT molecular complexity index is 1540. The number of amides is 3. The molecule has 0 spiro atoms. The minimum Gasteiger partial charge on any atom is -0.390 e. The Morgan fingerprint density at radius 1 is 1.04 bits per heavy atom. The van der Waals surface area contributed by atoms with Gasteiger partial charge in [-0.2, -0.15) is 0 Å². The summed E-state index contributed by atoms with van der Waals surface area (Å²) in [5.41, 5.74) is 0.778. The predicted molar refractivity (Wildman–Crippen MR) is 183 cm³/mol. The van der Waals surface area contributed by atoms with E-state index in [9.17, 15) is 27.9 Å². The van der Waals surface area contributed by atoms with E-state index in [-0.39, 0.29) is 30.1 Å². The Balaban J connectivity index is 1.63. The molecule has 2 aliphatic rings. The highest BCUT2D eigenvalue weighted by molar-refractivity contribution is 7.92. The van der Waals surface area contributed by atoms with Crippen LogP contribution in [0.5, 0.6) is 0 Å². The van der Waals surface area contributed by atoms with Gasteiger partial charge in [0.2, 0.25) is 11.8 Å². The third-order valence-corrected chi connectivity index (χ3v) is 12.1. The first kappa shape index (κ1) is 37.5. The van der Waals surface area contributed by atoms with Crippen molar-refractivity contribution in [2.75, 3.05) is 19.3 Å². The van der Waals surface area contributed by atoms with Crippen LogP contribution in [0.4, 0.5) is 0 Å². The number of nitrogens with zero attached hydrogens (tertiary/aromatic N) is 2. The van der Waals surface area contributed by atoms with Crippen molar-refractivity contribution in [3.8, 4) is 0 Å². The minimum atomic E-state index is -3.88. The first-order chi connectivity index (χ1) is 22.4. The summed E-state index contributed by atoms with van der Waals surface area (Å²) < 4.78 is 29.1. The number of aliphatic hydroxyl groups is 1. The van der Waals surface area contributed by atoms with E-state index in [2.05, 4.69) is 26.0 Å². The fourth-order valence-electron chi connectivity index (χ4n) is 6.90. The molecule has 2 fully saturated rings. The van der Waals surface area contributed by atoms with Gasteiger partial charge in [0.1, 0.15) is 17.9 Å². The zero-order valence-corrected chi connectivity index (χ0v) is 30.1. The first-order valence-corrected chi connectivity index (χ1v) is 18.8. The number of carbonyl (C=O) groups is 3.